The van der Waals surface area contributed by atoms with Crippen molar-refractivity contribution in [3.63, 3.8) is 0 Å². The van der Waals surface area contributed by atoms with Gasteiger partial charge in [-0.15, -0.1) is 11.6 Å². The van der Waals surface area contributed by atoms with Crippen molar-refractivity contribution in [2.45, 2.75) is 56.4 Å². The number of aromatic nitrogens is 2. The number of aliphatic carboxylic acids is 1. The van der Waals surface area contributed by atoms with E-state index in [1.54, 1.807) is 0 Å². The number of allylic oxidation sites excluding steroid dienone is 2. The predicted octanol–water partition coefficient (Wildman–Crippen LogP) is 2.86. The Morgan fingerprint density at radius 3 is 2.59 bits per heavy atom. The van der Waals surface area contributed by atoms with E-state index in [0.717, 1.165) is 43.0 Å². The van der Waals surface area contributed by atoms with Crippen molar-refractivity contribution in [1.29, 1.82) is 0 Å². The van der Waals surface area contributed by atoms with Crippen LogP contribution in [0.4, 0.5) is 5.69 Å². The molecule has 0 spiro atoms. The third-order valence-corrected chi connectivity index (χ3v) is 9.33. The molecule has 11 heteroatoms. The van der Waals surface area contributed by atoms with E-state index in [-0.39, 0.29) is 29.1 Å². The molecule has 9 nitrogen and oxygen atoms in total. The van der Waals surface area contributed by atoms with Crippen LogP contribution >= 0.6 is 11.6 Å². The Morgan fingerprint density at radius 1 is 1.23 bits per heavy atom. The van der Waals surface area contributed by atoms with Crippen LogP contribution < -0.4 is 20.5 Å². The number of halogens is 1. The zero-order valence-corrected chi connectivity index (χ0v) is 23.9. The summed E-state index contributed by atoms with van der Waals surface area (Å²) in [6.45, 7) is 9.13. The van der Waals surface area contributed by atoms with E-state index in [9.17, 15) is 14.1 Å². The molecule has 3 heterocycles. The van der Waals surface area contributed by atoms with Gasteiger partial charge in [-0.05, 0) is 55.7 Å². The zero-order chi connectivity index (χ0) is 27.7. The highest BCUT2D eigenvalue weighted by molar-refractivity contribution is 7.83. The van der Waals surface area contributed by atoms with E-state index in [1.165, 1.54) is 0 Å². The normalized spacial score (nSPS) is 24.2. The fourth-order valence-electron chi connectivity index (χ4n) is 5.15. The number of H-pyrrole nitrogens is 1. The number of nitrogens with one attached hydrogen (secondary N) is 1. The summed E-state index contributed by atoms with van der Waals surface area (Å²) in [5.74, 6) is -0.921. The minimum absolute atomic E-state index is 0.133. The van der Waals surface area contributed by atoms with Crippen molar-refractivity contribution in [3.05, 3.63) is 64.0 Å². The number of nitrogens with zero attached hydrogens (tertiary/aromatic N) is 4. The van der Waals surface area contributed by atoms with E-state index < -0.39 is 23.1 Å². The number of ether oxygens (including phenoxy) is 1. The number of carboxylic acid groups (broad SMARTS) is 1. The monoisotopic (exact) mass is 571 g/mol. The van der Waals surface area contributed by atoms with Gasteiger partial charge in [0.15, 0.2) is 5.49 Å². The number of hydrogen-bond donors (Lipinski definition) is 2. The fourth-order valence-corrected chi connectivity index (χ4v) is 6.60. The molecule has 39 heavy (non-hydrogen) atoms. The lowest BCUT2D eigenvalue weighted by molar-refractivity contribution is -0.133. The first kappa shape index (κ1) is 27.6. The lowest BCUT2D eigenvalue weighted by Crippen LogP contribution is -2.48. The lowest BCUT2D eigenvalue weighted by atomic mass is 9.94. The number of aromatic amines is 1. The molecule has 0 bridgehead atoms. The second-order valence-electron chi connectivity index (χ2n) is 10.2. The van der Waals surface area contributed by atoms with Crippen LogP contribution in [0.5, 0.6) is 6.01 Å². The minimum Gasteiger partial charge on any atom is -0.478 e. The molecule has 208 valence electrons. The third-order valence-electron chi connectivity index (χ3n) is 7.28. The molecule has 1 aromatic heterocycles. The quantitative estimate of drug-likeness (QED) is 0.471. The van der Waals surface area contributed by atoms with Gasteiger partial charge in [-0.3, -0.25) is 4.99 Å². The molecule has 2 N–H and O–H groups in total. The Hall–Kier alpha value is -2.95. The van der Waals surface area contributed by atoms with Gasteiger partial charge in [0.2, 0.25) is 0 Å². The molecule has 1 saturated heterocycles. The van der Waals surface area contributed by atoms with Crippen molar-refractivity contribution in [2.75, 3.05) is 31.1 Å². The number of carboxylic acids is 1. The molecule has 0 amide bonds. The average molecular weight is 572 g/mol. The second-order valence-corrected chi connectivity index (χ2v) is 12.7. The van der Waals surface area contributed by atoms with Crippen LogP contribution in [0.3, 0.4) is 0 Å². The van der Waals surface area contributed by atoms with Crippen LogP contribution in [0.2, 0.25) is 0 Å². The molecule has 1 aliphatic carbocycles. The van der Waals surface area contributed by atoms with Crippen molar-refractivity contribution in [1.82, 2.24) is 14.3 Å². The number of benzene rings is 1. The highest BCUT2D eigenvalue weighted by atomic mass is 35.5. The number of alkyl halides is 1. The first-order valence-corrected chi connectivity index (χ1v) is 14.9. The average Bonchev–Trinajstić information content (AvgIpc) is 3.33. The van der Waals surface area contributed by atoms with Crippen LogP contribution in [0.1, 0.15) is 45.2 Å². The molecule has 4 unspecified atom stereocenters. The summed E-state index contributed by atoms with van der Waals surface area (Å²) < 4.78 is 20.4. The van der Waals surface area contributed by atoms with Crippen molar-refractivity contribution < 1.29 is 18.8 Å². The van der Waals surface area contributed by atoms with Crippen molar-refractivity contribution >= 4 is 40.3 Å². The molecular formula is C28H34ClN5O4S. The standard InChI is InChI=1S/C28H34ClN5O4S/c1-4-18-7-10-21(15-22(18)27(35)36)38-28-30-24-16-23(29)25(31-26(24)32-28)19-5-8-20(9-6-19)33-11-13-34(14-12-33)39(37)17(2)3/h5-10,16-17,21,23,25H,4,11-15H2,1-3H3,(H,35,36)(H,30,31,32). The van der Waals surface area contributed by atoms with Crippen molar-refractivity contribution in [3.8, 4) is 6.01 Å². The molecule has 4 atom stereocenters. The first-order chi connectivity index (χ1) is 18.7. The van der Waals surface area contributed by atoms with Gasteiger partial charge in [0.1, 0.15) is 6.10 Å². The van der Waals surface area contributed by atoms with E-state index >= 15 is 0 Å². The number of imidazole rings is 1. The van der Waals surface area contributed by atoms with Gasteiger partial charge in [0.25, 0.3) is 6.01 Å². The Kier molecular flexibility index (Phi) is 8.25. The van der Waals surface area contributed by atoms with Crippen LogP contribution in [0.25, 0.3) is 6.08 Å². The van der Waals surface area contributed by atoms with E-state index in [2.05, 4.69) is 43.4 Å². The number of anilines is 1. The van der Waals surface area contributed by atoms with Gasteiger partial charge in [-0.2, -0.15) is 4.98 Å². The number of piperazine rings is 1. The topological polar surface area (TPSA) is 111 Å². The molecule has 2 aliphatic heterocycles. The Balaban J connectivity index is 1.26. The molecule has 1 aromatic carbocycles. The number of fused-ring (bicyclic) bond motifs is 1. The summed E-state index contributed by atoms with van der Waals surface area (Å²) in [4.78, 5) is 26.4. The lowest BCUT2D eigenvalue weighted by Gasteiger charge is -2.36. The van der Waals surface area contributed by atoms with Gasteiger partial charge in [0.05, 0.1) is 27.8 Å². The number of rotatable bonds is 8. The smallest absolute Gasteiger partial charge is 0.331 e. The molecule has 1 fully saturated rings. The maximum Gasteiger partial charge on any atom is 0.331 e. The molecule has 5 rings (SSSR count). The predicted molar refractivity (Wildman–Crippen MR) is 153 cm³/mol. The summed E-state index contributed by atoms with van der Waals surface area (Å²) in [7, 11) is -0.935. The molecule has 3 aliphatic rings. The van der Waals surface area contributed by atoms with Gasteiger partial charge >= 0.3 is 5.97 Å². The minimum atomic E-state index is -0.935. The third kappa shape index (κ3) is 5.97. The molecule has 2 aromatic rings. The SMILES string of the molecule is CCC1=C(C(=O)O)CC(Oc2nc3c([nH]2)=CC(Cl)C(c2ccc(N4CCN(S(=O)C(C)C)CC4)cc2)N=3)C=C1. The Bertz CT molecular complexity index is 1430. The summed E-state index contributed by atoms with van der Waals surface area (Å²) in [6, 6.07) is 8.28. The zero-order valence-electron chi connectivity index (χ0n) is 22.3. The van der Waals surface area contributed by atoms with Gasteiger partial charge in [-0.1, -0.05) is 25.1 Å². The summed E-state index contributed by atoms with van der Waals surface area (Å²) in [6.07, 6.45) is 6.08. The van der Waals surface area contributed by atoms with E-state index in [1.807, 2.05) is 39.0 Å². The molecule has 0 radical (unpaired) electrons. The second kappa shape index (κ2) is 11.7. The highest BCUT2D eigenvalue weighted by Gasteiger charge is 2.26. The van der Waals surface area contributed by atoms with Crippen LogP contribution in [-0.4, -0.2) is 72.5 Å². The highest BCUT2D eigenvalue weighted by Crippen LogP contribution is 2.29. The first-order valence-electron chi connectivity index (χ1n) is 13.3. The molecule has 0 saturated carbocycles. The number of carbonyl (C=O) groups is 1. The van der Waals surface area contributed by atoms with Gasteiger partial charge in [-0.25, -0.2) is 13.3 Å². The van der Waals surface area contributed by atoms with Crippen LogP contribution in [-0.2, 0) is 15.8 Å². The maximum absolute atomic E-state index is 12.4. The van der Waals surface area contributed by atoms with Gasteiger partial charge in [0, 0.05) is 49.1 Å². The largest absolute Gasteiger partial charge is 0.478 e. The Morgan fingerprint density at radius 2 is 1.95 bits per heavy atom. The summed E-state index contributed by atoms with van der Waals surface area (Å²) >= 11 is 6.73. The van der Waals surface area contributed by atoms with Crippen LogP contribution in [0, 0.1) is 0 Å². The Labute approximate surface area is 235 Å². The van der Waals surface area contributed by atoms with E-state index in [4.69, 9.17) is 21.3 Å². The number of hydrogen-bond acceptors (Lipinski definition) is 6. The van der Waals surface area contributed by atoms with Crippen molar-refractivity contribution in [2.24, 2.45) is 4.99 Å². The summed E-state index contributed by atoms with van der Waals surface area (Å²) in [5, 5.41) is 10.00. The molecular weight excluding hydrogens is 538 g/mol. The summed E-state index contributed by atoms with van der Waals surface area (Å²) in [5.41, 5.74) is 3.82. The fraction of sp³-hybridized carbons (Fsp3) is 0.464. The van der Waals surface area contributed by atoms with Crippen LogP contribution in [0.15, 0.2) is 52.6 Å². The maximum atomic E-state index is 12.4. The van der Waals surface area contributed by atoms with Gasteiger partial charge < -0.3 is 19.7 Å². The van der Waals surface area contributed by atoms with E-state index in [0.29, 0.717) is 22.8 Å².